The second-order valence-corrected chi connectivity index (χ2v) is 8.06. The monoisotopic (exact) mass is 449 g/mol. The zero-order chi connectivity index (χ0) is 24.2. The van der Waals surface area contributed by atoms with Gasteiger partial charge in [-0.15, -0.1) is 0 Å². The van der Waals surface area contributed by atoms with E-state index in [1.54, 1.807) is 0 Å². The fourth-order valence-corrected chi connectivity index (χ4v) is 3.54. The Bertz CT molecular complexity index is 1160. The van der Waals surface area contributed by atoms with E-state index in [1.165, 1.54) is 11.1 Å². The third-order valence-electron chi connectivity index (χ3n) is 5.42. The maximum atomic E-state index is 4.59. The predicted octanol–water partition coefficient (Wildman–Crippen LogP) is 8.18. The number of rotatable bonds is 10. The van der Waals surface area contributed by atoms with Crippen molar-refractivity contribution < 1.29 is 0 Å². The summed E-state index contributed by atoms with van der Waals surface area (Å²) in [6.07, 6.45) is 14.7. The summed E-state index contributed by atoms with van der Waals surface area (Å²) >= 11 is 0. The van der Waals surface area contributed by atoms with Gasteiger partial charge in [0.05, 0.1) is 5.69 Å². The molecular formula is C31H35N3. The Balaban J connectivity index is 1.69. The number of hydrogen-bond donors (Lipinski definition) is 2. The molecule has 0 unspecified atom stereocenters. The number of pyridine rings is 1. The van der Waals surface area contributed by atoms with Gasteiger partial charge in [-0.05, 0) is 91.9 Å². The Morgan fingerprint density at radius 3 is 1.88 bits per heavy atom. The van der Waals surface area contributed by atoms with Crippen LogP contribution in [-0.2, 0) is 0 Å². The fraction of sp³-hybridized carbons (Fsp3) is 0.194. The van der Waals surface area contributed by atoms with E-state index in [-0.39, 0.29) is 0 Å². The van der Waals surface area contributed by atoms with Crippen molar-refractivity contribution in [3.63, 3.8) is 0 Å². The lowest BCUT2D eigenvalue weighted by Crippen LogP contribution is -1.95. The van der Waals surface area contributed by atoms with Crippen molar-refractivity contribution in [2.24, 2.45) is 0 Å². The number of aromatic nitrogens is 1. The number of allylic oxidation sites excluding steroid dienone is 5. The van der Waals surface area contributed by atoms with E-state index in [2.05, 4.69) is 134 Å². The molecule has 0 saturated carbocycles. The predicted molar refractivity (Wildman–Crippen MR) is 151 cm³/mol. The number of hydrogen-bond acceptors (Lipinski definition) is 3. The Labute approximate surface area is 204 Å². The van der Waals surface area contributed by atoms with Crippen LogP contribution < -0.4 is 10.6 Å². The van der Waals surface area contributed by atoms with Gasteiger partial charge in [0.1, 0.15) is 0 Å². The summed E-state index contributed by atoms with van der Waals surface area (Å²) in [6, 6.07) is 21.1. The second kappa shape index (κ2) is 13.0. The summed E-state index contributed by atoms with van der Waals surface area (Å²) in [7, 11) is 0. The van der Waals surface area contributed by atoms with Crippen LogP contribution in [0.15, 0.2) is 90.7 Å². The molecule has 0 spiro atoms. The van der Waals surface area contributed by atoms with Crippen LogP contribution in [0.25, 0.3) is 23.8 Å². The molecule has 0 aliphatic rings. The number of anilines is 2. The summed E-state index contributed by atoms with van der Waals surface area (Å²) in [5.41, 5.74) is 9.03. The van der Waals surface area contributed by atoms with E-state index in [9.17, 15) is 0 Å². The molecule has 3 nitrogen and oxygen atoms in total. The van der Waals surface area contributed by atoms with E-state index in [0.29, 0.717) is 0 Å². The lowest BCUT2D eigenvalue weighted by Gasteiger charge is -2.05. The summed E-state index contributed by atoms with van der Waals surface area (Å²) in [6.45, 7) is 10.2. The minimum Gasteiger partial charge on any atom is -0.385 e. The largest absolute Gasteiger partial charge is 0.385 e. The van der Waals surface area contributed by atoms with Crippen molar-refractivity contribution in [1.29, 1.82) is 0 Å². The Morgan fingerprint density at radius 1 is 0.765 bits per heavy atom. The first-order valence-electron chi connectivity index (χ1n) is 12.0. The lowest BCUT2D eigenvalue weighted by atomic mass is 10.1. The molecule has 1 heterocycles. The van der Waals surface area contributed by atoms with E-state index in [4.69, 9.17) is 0 Å². The topological polar surface area (TPSA) is 37.0 Å². The quantitative estimate of drug-likeness (QED) is 0.306. The fourth-order valence-electron chi connectivity index (χ4n) is 3.54. The van der Waals surface area contributed by atoms with E-state index in [0.717, 1.165) is 46.9 Å². The molecule has 3 aromatic rings. The first-order valence-corrected chi connectivity index (χ1v) is 12.0. The highest BCUT2D eigenvalue weighted by atomic mass is 14.8. The summed E-state index contributed by atoms with van der Waals surface area (Å²) in [5, 5.41) is 6.65. The smallest absolute Gasteiger partial charge is 0.0664 e. The standard InChI is InChI=1S/C31H35N3/c1-5-25(8-9-26-12-16-29(17-13-26)32-6-2)22-24(4)31-23-28(20-21-34-31)11-10-27-14-18-30(19-15-27)33-7-3/h5,8-23,32-33H,6-7H2,1-4H3/b9-8+,11-10+,24-22+,25-5-. The van der Waals surface area contributed by atoms with Gasteiger partial charge in [-0.1, -0.05) is 60.7 Å². The average Bonchev–Trinajstić information content (AvgIpc) is 2.87. The van der Waals surface area contributed by atoms with Gasteiger partial charge in [0, 0.05) is 30.7 Å². The zero-order valence-corrected chi connectivity index (χ0v) is 20.7. The first-order chi connectivity index (χ1) is 16.6. The summed E-state index contributed by atoms with van der Waals surface area (Å²) in [4.78, 5) is 4.59. The molecule has 0 amide bonds. The summed E-state index contributed by atoms with van der Waals surface area (Å²) in [5.74, 6) is 0. The van der Waals surface area contributed by atoms with Gasteiger partial charge < -0.3 is 10.6 Å². The molecule has 3 rings (SSSR count). The minimum absolute atomic E-state index is 0.927. The van der Waals surface area contributed by atoms with E-state index in [1.807, 2.05) is 12.3 Å². The van der Waals surface area contributed by atoms with E-state index >= 15 is 0 Å². The highest BCUT2D eigenvalue weighted by molar-refractivity contribution is 5.73. The molecule has 174 valence electrons. The third-order valence-corrected chi connectivity index (χ3v) is 5.42. The van der Waals surface area contributed by atoms with Gasteiger partial charge in [-0.2, -0.15) is 0 Å². The van der Waals surface area contributed by atoms with Crippen LogP contribution >= 0.6 is 0 Å². The maximum absolute atomic E-state index is 4.59. The van der Waals surface area contributed by atoms with Crippen molar-refractivity contribution in [1.82, 2.24) is 4.98 Å². The van der Waals surface area contributed by atoms with Crippen LogP contribution in [0.5, 0.6) is 0 Å². The summed E-state index contributed by atoms with van der Waals surface area (Å²) < 4.78 is 0. The molecular weight excluding hydrogens is 414 g/mol. The number of nitrogens with one attached hydrogen (secondary N) is 2. The number of nitrogens with zero attached hydrogens (tertiary/aromatic N) is 1. The Kier molecular flexibility index (Phi) is 9.48. The lowest BCUT2D eigenvalue weighted by molar-refractivity contribution is 1.21. The van der Waals surface area contributed by atoms with Gasteiger partial charge in [0.2, 0.25) is 0 Å². The molecule has 2 N–H and O–H groups in total. The van der Waals surface area contributed by atoms with Crippen LogP contribution in [-0.4, -0.2) is 18.1 Å². The van der Waals surface area contributed by atoms with Crippen molar-refractivity contribution in [2.45, 2.75) is 27.7 Å². The van der Waals surface area contributed by atoms with Crippen molar-refractivity contribution in [2.75, 3.05) is 23.7 Å². The molecule has 3 heteroatoms. The van der Waals surface area contributed by atoms with Crippen LogP contribution in [0.4, 0.5) is 11.4 Å². The van der Waals surface area contributed by atoms with Crippen LogP contribution in [0.2, 0.25) is 0 Å². The van der Waals surface area contributed by atoms with Crippen LogP contribution in [0.3, 0.4) is 0 Å². The van der Waals surface area contributed by atoms with Gasteiger partial charge >= 0.3 is 0 Å². The molecule has 0 bridgehead atoms. The molecule has 0 saturated heterocycles. The van der Waals surface area contributed by atoms with Gasteiger partial charge in [-0.25, -0.2) is 0 Å². The van der Waals surface area contributed by atoms with Crippen LogP contribution in [0, 0.1) is 0 Å². The van der Waals surface area contributed by atoms with Crippen molar-refractivity contribution >= 4 is 35.2 Å². The average molecular weight is 450 g/mol. The van der Waals surface area contributed by atoms with Gasteiger partial charge in [-0.3, -0.25) is 4.98 Å². The minimum atomic E-state index is 0.927. The SMILES string of the molecule is C/C=C(/C=C/c1ccc(NCC)cc1)\C=C(/C)c1cc(/C=C/c2ccc(NCC)cc2)ccn1. The highest BCUT2D eigenvalue weighted by Gasteiger charge is 2.00. The van der Waals surface area contributed by atoms with Crippen molar-refractivity contribution in [3.8, 4) is 0 Å². The Hall–Kier alpha value is -3.85. The maximum Gasteiger partial charge on any atom is 0.0664 e. The second-order valence-electron chi connectivity index (χ2n) is 8.06. The molecule has 1 aromatic heterocycles. The van der Waals surface area contributed by atoms with Gasteiger partial charge in [0.25, 0.3) is 0 Å². The van der Waals surface area contributed by atoms with E-state index < -0.39 is 0 Å². The molecule has 34 heavy (non-hydrogen) atoms. The van der Waals surface area contributed by atoms with Crippen molar-refractivity contribution in [3.05, 3.63) is 113 Å². The van der Waals surface area contributed by atoms with Gasteiger partial charge in [0.15, 0.2) is 0 Å². The molecule has 0 radical (unpaired) electrons. The first kappa shape index (κ1) is 24.8. The molecule has 0 atom stereocenters. The Morgan fingerprint density at radius 2 is 1.32 bits per heavy atom. The third kappa shape index (κ3) is 7.63. The zero-order valence-electron chi connectivity index (χ0n) is 20.7. The molecule has 0 aliphatic heterocycles. The molecule has 0 aliphatic carbocycles. The normalized spacial score (nSPS) is 12.5. The molecule has 2 aromatic carbocycles. The number of benzene rings is 2. The van der Waals surface area contributed by atoms with Crippen LogP contribution in [0.1, 0.15) is 50.1 Å². The molecule has 0 fully saturated rings. The highest BCUT2D eigenvalue weighted by Crippen LogP contribution is 2.19.